The van der Waals surface area contributed by atoms with E-state index in [9.17, 15) is 8.42 Å². The summed E-state index contributed by atoms with van der Waals surface area (Å²) in [6.07, 6.45) is 1.44. The number of thiophene rings is 1. The molecule has 1 aromatic carbocycles. The molecule has 0 amide bonds. The topological polar surface area (TPSA) is 72.2 Å². The summed E-state index contributed by atoms with van der Waals surface area (Å²) >= 11 is 4.47. The molecule has 5 nitrogen and oxygen atoms in total. The minimum Gasteiger partial charge on any atom is -0.336 e. The van der Waals surface area contributed by atoms with Crippen LogP contribution in [-0.4, -0.2) is 13.6 Å². The van der Waals surface area contributed by atoms with Gasteiger partial charge in [0.1, 0.15) is 8.68 Å². The molecule has 0 aliphatic rings. The zero-order valence-corrected chi connectivity index (χ0v) is 17.0. The number of nitrogens with zero attached hydrogens (tertiary/aromatic N) is 1. The fourth-order valence-electron chi connectivity index (χ4n) is 2.49. The number of aromatic nitrogens is 1. The van der Waals surface area contributed by atoms with Gasteiger partial charge in [-0.25, -0.2) is 13.1 Å². The highest BCUT2D eigenvalue weighted by atomic mass is 79.9. The molecule has 0 aliphatic heterocycles. The summed E-state index contributed by atoms with van der Waals surface area (Å²) in [7, 11) is -3.72. The van der Waals surface area contributed by atoms with Crippen LogP contribution in [0, 0.1) is 13.8 Å². The second-order valence-electron chi connectivity index (χ2n) is 5.68. The normalized spacial score (nSPS) is 11.6. The molecule has 0 unspecified atom stereocenters. The number of hydrogen-bond donors (Lipinski definition) is 1. The number of anilines is 1. The fraction of sp³-hybridized carbons (Fsp3) is 0.235. The molecule has 3 aromatic rings. The van der Waals surface area contributed by atoms with Crippen LogP contribution >= 0.6 is 27.3 Å². The summed E-state index contributed by atoms with van der Waals surface area (Å²) in [4.78, 5) is 0. The molecule has 0 spiro atoms. The van der Waals surface area contributed by atoms with Gasteiger partial charge in [-0.1, -0.05) is 29.4 Å². The minimum absolute atomic E-state index is 0.0933. The fourth-order valence-corrected chi connectivity index (χ4v) is 5.34. The minimum atomic E-state index is -3.72. The van der Waals surface area contributed by atoms with Gasteiger partial charge in [-0.15, -0.1) is 11.3 Å². The first-order valence-corrected chi connectivity index (χ1v) is 10.8. The van der Waals surface area contributed by atoms with Gasteiger partial charge in [0, 0.05) is 0 Å². The van der Waals surface area contributed by atoms with Crippen LogP contribution in [0.3, 0.4) is 0 Å². The number of benzene rings is 1. The van der Waals surface area contributed by atoms with Crippen LogP contribution in [0.5, 0.6) is 0 Å². The molecule has 0 bridgehead atoms. The van der Waals surface area contributed by atoms with Gasteiger partial charge in [0.2, 0.25) is 0 Å². The van der Waals surface area contributed by atoms with E-state index in [1.165, 1.54) is 22.5 Å². The lowest BCUT2D eigenvalue weighted by Crippen LogP contribution is -2.13. The van der Waals surface area contributed by atoms with Crippen molar-refractivity contribution in [2.45, 2.75) is 30.9 Å². The summed E-state index contributed by atoms with van der Waals surface area (Å²) in [6.45, 7) is 3.79. The van der Waals surface area contributed by atoms with Gasteiger partial charge >= 0.3 is 0 Å². The number of aryl methyl sites for hydroxylation is 4. The average Bonchev–Trinajstić information content (AvgIpc) is 3.17. The van der Waals surface area contributed by atoms with E-state index in [0.717, 1.165) is 12.0 Å². The second-order valence-corrected chi connectivity index (χ2v) is 9.26. The first-order valence-electron chi connectivity index (χ1n) is 7.64. The van der Waals surface area contributed by atoms with Crippen LogP contribution in [-0.2, 0) is 22.9 Å². The molecule has 1 N–H and O–H groups in total. The maximum atomic E-state index is 12.7. The Morgan fingerprint density at radius 2 is 1.88 bits per heavy atom. The molecule has 2 heterocycles. The Bertz CT molecular complexity index is 993. The molecule has 0 atom stereocenters. The lowest BCUT2D eigenvalue weighted by atomic mass is 10.0. The summed E-state index contributed by atoms with van der Waals surface area (Å²) in [5, 5.41) is 5.54. The van der Waals surface area contributed by atoms with Crippen LogP contribution in [0.4, 0.5) is 5.88 Å². The highest BCUT2D eigenvalue weighted by Gasteiger charge is 2.24. The third-order valence-corrected chi connectivity index (χ3v) is 7.73. The van der Waals surface area contributed by atoms with E-state index in [1.54, 1.807) is 12.3 Å². The van der Waals surface area contributed by atoms with Gasteiger partial charge in [0.15, 0.2) is 0 Å². The first-order chi connectivity index (χ1) is 11.9. The molecule has 0 aliphatic carbocycles. The maximum absolute atomic E-state index is 12.7. The van der Waals surface area contributed by atoms with Crippen molar-refractivity contribution in [1.29, 1.82) is 0 Å². The monoisotopic (exact) mass is 440 g/mol. The van der Waals surface area contributed by atoms with Crippen LogP contribution in [0.25, 0.3) is 0 Å². The third kappa shape index (κ3) is 3.96. The molecule has 8 heteroatoms. The van der Waals surface area contributed by atoms with Crippen molar-refractivity contribution in [3.63, 3.8) is 0 Å². The first kappa shape index (κ1) is 18.2. The predicted octanol–water partition coefficient (Wildman–Crippen LogP) is 4.70. The summed E-state index contributed by atoms with van der Waals surface area (Å²) in [6, 6.07) is 9.99. The second kappa shape index (κ2) is 7.31. The van der Waals surface area contributed by atoms with Crippen LogP contribution < -0.4 is 4.72 Å². The van der Waals surface area contributed by atoms with E-state index in [4.69, 9.17) is 4.52 Å². The Kier molecular flexibility index (Phi) is 5.31. The van der Waals surface area contributed by atoms with Crippen LogP contribution in [0.1, 0.15) is 22.4 Å². The number of rotatable bonds is 6. The molecular weight excluding hydrogens is 424 g/mol. The SMILES string of the molecule is Cc1ccccc1CCc1ccsc1S(=O)(=O)Nc1onc(C)c1Br. The van der Waals surface area contributed by atoms with Crippen molar-refractivity contribution in [2.75, 3.05) is 4.72 Å². The van der Waals surface area contributed by atoms with Crippen LogP contribution in [0.2, 0.25) is 0 Å². The largest absolute Gasteiger partial charge is 0.336 e. The highest BCUT2D eigenvalue weighted by Crippen LogP contribution is 2.31. The van der Waals surface area contributed by atoms with Crippen molar-refractivity contribution in [2.24, 2.45) is 0 Å². The molecule has 0 saturated heterocycles. The molecule has 0 saturated carbocycles. The Morgan fingerprint density at radius 1 is 1.16 bits per heavy atom. The van der Waals surface area contributed by atoms with Gasteiger partial charge in [-0.05, 0) is 70.8 Å². The van der Waals surface area contributed by atoms with Gasteiger partial charge in [0.25, 0.3) is 15.9 Å². The smallest absolute Gasteiger partial charge is 0.274 e. The van der Waals surface area contributed by atoms with Gasteiger partial charge in [-0.3, -0.25) is 0 Å². The van der Waals surface area contributed by atoms with E-state index >= 15 is 0 Å². The Morgan fingerprint density at radius 3 is 2.56 bits per heavy atom. The number of nitrogens with one attached hydrogen (secondary N) is 1. The highest BCUT2D eigenvalue weighted by molar-refractivity contribution is 9.10. The lowest BCUT2D eigenvalue weighted by molar-refractivity contribution is 0.430. The zero-order valence-electron chi connectivity index (χ0n) is 13.7. The Labute approximate surface area is 159 Å². The quantitative estimate of drug-likeness (QED) is 0.602. The number of halogens is 1. The van der Waals surface area contributed by atoms with E-state index in [0.29, 0.717) is 20.8 Å². The van der Waals surface area contributed by atoms with Crippen molar-refractivity contribution in [3.05, 3.63) is 62.6 Å². The number of hydrogen-bond acceptors (Lipinski definition) is 5. The van der Waals surface area contributed by atoms with Gasteiger partial charge in [0.05, 0.1) is 5.69 Å². The summed E-state index contributed by atoms with van der Waals surface area (Å²) in [5.41, 5.74) is 3.82. The van der Waals surface area contributed by atoms with E-state index in [-0.39, 0.29) is 5.88 Å². The molecule has 0 radical (unpaired) electrons. The van der Waals surface area contributed by atoms with Gasteiger partial charge in [-0.2, -0.15) is 0 Å². The zero-order chi connectivity index (χ0) is 18.0. The molecule has 3 rings (SSSR count). The maximum Gasteiger partial charge on any atom is 0.274 e. The van der Waals surface area contributed by atoms with E-state index in [1.807, 2.05) is 18.2 Å². The van der Waals surface area contributed by atoms with Crippen molar-refractivity contribution in [3.8, 4) is 0 Å². The molecule has 25 heavy (non-hydrogen) atoms. The third-order valence-electron chi connectivity index (χ3n) is 3.89. The van der Waals surface area contributed by atoms with Crippen molar-refractivity contribution in [1.82, 2.24) is 5.16 Å². The predicted molar refractivity (Wildman–Crippen MR) is 103 cm³/mol. The molecule has 132 valence electrons. The standard InChI is InChI=1S/C17H17BrN2O3S2/c1-11-5-3-4-6-13(11)7-8-14-9-10-24-17(14)25(21,22)20-16-15(18)12(2)19-23-16/h3-6,9-10,20H,7-8H2,1-2H3. The molecule has 2 aromatic heterocycles. The lowest BCUT2D eigenvalue weighted by Gasteiger charge is -2.08. The summed E-state index contributed by atoms with van der Waals surface area (Å²) in [5.74, 6) is 0.0933. The van der Waals surface area contributed by atoms with Gasteiger partial charge < -0.3 is 4.52 Å². The molecular formula is C17H17BrN2O3S2. The van der Waals surface area contributed by atoms with Crippen molar-refractivity contribution >= 4 is 43.2 Å². The van der Waals surface area contributed by atoms with Crippen LogP contribution in [0.15, 0.2) is 48.9 Å². The Hall–Kier alpha value is -1.64. The Balaban J connectivity index is 1.80. The number of sulfonamides is 1. The van der Waals surface area contributed by atoms with E-state index < -0.39 is 10.0 Å². The average molecular weight is 441 g/mol. The summed E-state index contributed by atoms with van der Waals surface area (Å²) < 4.78 is 33.7. The molecule has 0 fully saturated rings. The van der Waals surface area contributed by atoms with Crippen molar-refractivity contribution < 1.29 is 12.9 Å². The van der Waals surface area contributed by atoms with E-state index in [2.05, 4.69) is 44.9 Å².